The molecule has 9 nitrogen and oxygen atoms in total. The van der Waals surface area contributed by atoms with E-state index in [1.165, 1.54) is 36.7 Å². The van der Waals surface area contributed by atoms with Crippen LogP contribution < -0.4 is 4.74 Å². The SMILES string of the molecule is COc1cc(C)c2c(c1)CCCN(CCOCC(=O)N(C)[C@@H]1CCC[C@H](N3CCN(C4CC4)CC3)C1)S2(=O)=O. The van der Waals surface area contributed by atoms with Crippen LogP contribution in [0.25, 0.3) is 0 Å². The van der Waals surface area contributed by atoms with E-state index in [0.29, 0.717) is 35.2 Å². The highest BCUT2D eigenvalue weighted by atomic mass is 32.2. The molecule has 1 amide bonds. The van der Waals surface area contributed by atoms with Gasteiger partial charge in [-0.15, -0.1) is 0 Å². The Hall–Kier alpha value is -1.72. The van der Waals surface area contributed by atoms with E-state index < -0.39 is 10.0 Å². The lowest BCUT2D eigenvalue weighted by Gasteiger charge is -2.44. The molecule has 1 aromatic carbocycles. The predicted molar refractivity (Wildman–Crippen MR) is 151 cm³/mol. The number of rotatable bonds is 9. The number of sulfonamides is 1. The Bertz CT molecular complexity index is 1120. The van der Waals surface area contributed by atoms with Crippen LogP contribution in [0.5, 0.6) is 5.75 Å². The fraction of sp³-hybridized carbons (Fsp3) is 0.759. The highest BCUT2D eigenvalue weighted by Crippen LogP contribution is 2.33. The first-order valence-corrected chi connectivity index (χ1v) is 16.2. The van der Waals surface area contributed by atoms with Crippen LogP contribution in [0.4, 0.5) is 0 Å². The van der Waals surface area contributed by atoms with Crippen molar-refractivity contribution in [1.82, 2.24) is 19.0 Å². The van der Waals surface area contributed by atoms with Crippen molar-refractivity contribution in [3.63, 3.8) is 0 Å². The zero-order chi connectivity index (χ0) is 27.6. The maximum atomic E-state index is 13.5. The van der Waals surface area contributed by atoms with E-state index in [0.717, 1.165) is 50.4 Å². The van der Waals surface area contributed by atoms with Crippen molar-refractivity contribution in [2.75, 3.05) is 66.6 Å². The number of benzene rings is 1. The van der Waals surface area contributed by atoms with Gasteiger partial charge in [0.05, 0.1) is 18.6 Å². The number of fused-ring (bicyclic) bond motifs is 1. The Morgan fingerprint density at radius 2 is 1.72 bits per heavy atom. The Kier molecular flexibility index (Phi) is 9.18. The molecule has 2 atom stereocenters. The topological polar surface area (TPSA) is 82.6 Å². The van der Waals surface area contributed by atoms with Gasteiger partial charge in [0, 0.05) is 64.4 Å². The third kappa shape index (κ3) is 6.62. The Labute approximate surface area is 234 Å². The number of amides is 1. The number of ether oxygens (including phenoxy) is 2. The van der Waals surface area contributed by atoms with Crippen LogP contribution in [0.2, 0.25) is 0 Å². The molecule has 39 heavy (non-hydrogen) atoms. The summed E-state index contributed by atoms with van der Waals surface area (Å²) in [5.74, 6) is 0.660. The molecule has 10 heteroatoms. The summed E-state index contributed by atoms with van der Waals surface area (Å²) in [6.07, 6.45) is 8.60. The molecule has 218 valence electrons. The second-order valence-corrected chi connectivity index (χ2v) is 13.6. The Morgan fingerprint density at radius 1 is 1.00 bits per heavy atom. The zero-order valence-corrected chi connectivity index (χ0v) is 24.8. The summed E-state index contributed by atoms with van der Waals surface area (Å²) >= 11 is 0. The highest BCUT2D eigenvalue weighted by Gasteiger charge is 2.36. The number of aryl methyl sites for hydroxylation is 2. The number of carbonyl (C=O) groups excluding carboxylic acids is 1. The van der Waals surface area contributed by atoms with Gasteiger partial charge in [0.2, 0.25) is 15.9 Å². The standard InChI is InChI=1S/C29H46N4O5S/c1-22-18-27(37-3)19-23-6-5-11-33(39(35,36)29(22)23)16-17-38-21-28(34)30(2)25-7-4-8-26(20-25)32-14-12-31(13-15-32)24-9-10-24/h18-19,24-26H,4-17,20-21H2,1-3H3/t25-,26+/m1/s1. The Balaban J connectivity index is 1.08. The van der Waals surface area contributed by atoms with Crippen LogP contribution in [0, 0.1) is 6.92 Å². The highest BCUT2D eigenvalue weighted by molar-refractivity contribution is 7.89. The molecule has 2 aliphatic heterocycles. The number of hydrogen-bond donors (Lipinski definition) is 0. The van der Waals surface area contributed by atoms with Crippen molar-refractivity contribution in [2.24, 2.45) is 0 Å². The van der Waals surface area contributed by atoms with E-state index in [9.17, 15) is 13.2 Å². The summed E-state index contributed by atoms with van der Waals surface area (Å²) in [7, 11) is -0.141. The molecule has 2 saturated carbocycles. The third-order valence-corrected chi connectivity index (χ3v) is 11.4. The number of methoxy groups -OCH3 is 1. The zero-order valence-electron chi connectivity index (χ0n) is 23.9. The Morgan fingerprint density at radius 3 is 2.41 bits per heavy atom. The third-order valence-electron chi connectivity index (χ3n) is 9.21. The molecule has 0 bridgehead atoms. The van der Waals surface area contributed by atoms with Gasteiger partial charge in [-0.1, -0.05) is 0 Å². The monoisotopic (exact) mass is 562 g/mol. The maximum absolute atomic E-state index is 13.5. The van der Waals surface area contributed by atoms with Crippen LogP contribution in [0.3, 0.4) is 0 Å². The molecule has 2 aliphatic carbocycles. The van der Waals surface area contributed by atoms with Crippen molar-refractivity contribution in [3.8, 4) is 5.75 Å². The van der Waals surface area contributed by atoms with Gasteiger partial charge in [-0.2, -0.15) is 4.31 Å². The van der Waals surface area contributed by atoms with Crippen molar-refractivity contribution < 1.29 is 22.7 Å². The number of carbonyl (C=O) groups is 1. The van der Waals surface area contributed by atoms with Crippen LogP contribution in [-0.2, 0) is 26.0 Å². The average molecular weight is 563 g/mol. The first kappa shape index (κ1) is 28.8. The lowest BCUT2D eigenvalue weighted by atomic mass is 9.88. The number of piperazine rings is 1. The molecule has 1 aromatic rings. The van der Waals surface area contributed by atoms with E-state index in [1.54, 1.807) is 13.2 Å². The van der Waals surface area contributed by atoms with E-state index in [1.807, 2.05) is 24.9 Å². The molecule has 0 aromatic heterocycles. The predicted octanol–water partition coefficient (Wildman–Crippen LogP) is 2.51. The summed E-state index contributed by atoms with van der Waals surface area (Å²) in [4.78, 5) is 20.6. The first-order valence-electron chi connectivity index (χ1n) is 14.8. The van der Waals surface area contributed by atoms with Crippen molar-refractivity contribution >= 4 is 15.9 Å². The lowest BCUT2D eigenvalue weighted by molar-refractivity contribution is -0.138. The van der Waals surface area contributed by atoms with Gasteiger partial charge in [0.15, 0.2) is 0 Å². The van der Waals surface area contributed by atoms with E-state index in [4.69, 9.17) is 9.47 Å². The lowest BCUT2D eigenvalue weighted by Crippen LogP contribution is -2.54. The summed E-state index contributed by atoms with van der Waals surface area (Å²) in [5, 5.41) is 0. The second kappa shape index (κ2) is 12.4. The molecule has 0 N–H and O–H groups in total. The minimum absolute atomic E-state index is 0.0154. The van der Waals surface area contributed by atoms with Gasteiger partial charge in [0.25, 0.3) is 0 Å². The molecule has 2 heterocycles. The van der Waals surface area contributed by atoms with Gasteiger partial charge < -0.3 is 14.4 Å². The molecule has 5 rings (SSSR count). The van der Waals surface area contributed by atoms with Crippen molar-refractivity contribution in [2.45, 2.75) is 81.3 Å². The summed E-state index contributed by atoms with van der Waals surface area (Å²) in [6.45, 7) is 7.33. The smallest absolute Gasteiger partial charge is 0.248 e. The van der Waals surface area contributed by atoms with E-state index >= 15 is 0 Å². The summed E-state index contributed by atoms with van der Waals surface area (Å²) < 4.78 is 39.5. The normalized spacial score (nSPS) is 26.5. The quantitative estimate of drug-likeness (QED) is 0.428. The van der Waals surface area contributed by atoms with Crippen LogP contribution in [-0.4, -0.2) is 118 Å². The van der Waals surface area contributed by atoms with Crippen LogP contribution in [0.1, 0.15) is 56.1 Å². The first-order chi connectivity index (χ1) is 18.8. The van der Waals surface area contributed by atoms with E-state index in [-0.39, 0.29) is 31.7 Å². The van der Waals surface area contributed by atoms with Crippen LogP contribution in [0.15, 0.2) is 17.0 Å². The summed E-state index contributed by atoms with van der Waals surface area (Å²) in [6, 6.07) is 5.25. The molecule has 0 unspecified atom stereocenters. The van der Waals surface area contributed by atoms with Gasteiger partial charge in [-0.05, 0) is 81.5 Å². The van der Waals surface area contributed by atoms with Gasteiger partial charge in [-0.25, -0.2) is 8.42 Å². The largest absolute Gasteiger partial charge is 0.497 e. The molecular weight excluding hydrogens is 516 g/mol. The number of likely N-dealkylation sites (N-methyl/N-ethyl adjacent to an activating group) is 1. The average Bonchev–Trinajstić information content (AvgIpc) is 3.79. The minimum Gasteiger partial charge on any atom is -0.497 e. The van der Waals surface area contributed by atoms with Gasteiger partial charge in [0.1, 0.15) is 12.4 Å². The fourth-order valence-corrected chi connectivity index (χ4v) is 8.67. The number of hydrogen-bond acceptors (Lipinski definition) is 7. The van der Waals surface area contributed by atoms with E-state index in [2.05, 4.69) is 9.80 Å². The van der Waals surface area contributed by atoms with Crippen LogP contribution >= 0.6 is 0 Å². The number of nitrogens with zero attached hydrogens (tertiary/aromatic N) is 4. The molecule has 0 spiro atoms. The fourth-order valence-electron chi connectivity index (χ4n) is 6.77. The molecule has 3 fully saturated rings. The van der Waals surface area contributed by atoms with Gasteiger partial charge >= 0.3 is 0 Å². The summed E-state index contributed by atoms with van der Waals surface area (Å²) in [5.41, 5.74) is 1.51. The van der Waals surface area contributed by atoms with Crippen molar-refractivity contribution in [3.05, 3.63) is 23.3 Å². The molecular formula is C29H46N4O5S. The molecule has 1 saturated heterocycles. The molecule has 0 radical (unpaired) electrons. The maximum Gasteiger partial charge on any atom is 0.248 e. The van der Waals surface area contributed by atoms with Crippen molar-refractivity contribution in [1.29, 1.82) is 0 Å². The minimum atomic E-state index is -3.64. The van der Waals surface area contributed by atoms with Gasteiger partial charge in [-0.3, -0.25) is 14.6 Å². The second-order valence-electron chi connectivity index (χ2n) is 11.8. The molecule has 4 aliphatic rings.